The molecule has 1 rings (SSSR count). The zero-order valence-corrected chi connectivity index (χ0v) is 12.1. The topological polar surface area (TPSA) is 96.6 Å². The molecule has 0 aromatic carbocycles. The molecule has 0 aliphatic heterocycles. The molecule has 1 aromatic rings. The molecule has 104 valence electrons. The predicted molar refractivity (Wildman–Crippen MR) is 73.3 cm³/mol. The van der Waals surface area contributed by atoms with Crippen LogP contribution in [0.25, 0.3) is 0 Å². The molecule has 1 N–H and O–H groups in total. The van der Waals surface area contributed by atoms with E-state index in [1.807, 2.05) is 13.8 Å². The Kier molecular flexibility index (Phi) is 5.22. The number of carboxylic acids is 1. The first-order valence-corrected chi connectivity index (χ1v) is 6.37. The molecular weight excluding hydrogens is 318 g/mol. The Morgan fingerprint density at radius 1 is 1.63 bits per heavy atom. The van der Waals surface area contributed by atoms with E-state index in [0.29, 0.717) is 16.8 Å². The minimum Gasteiger partial charge on any atom is -0.480 e. The van der Waals surface area contributed by atoms with Crippen molar-refractivity contribution in [1.82, 2.24) is 4.98 Å². The molecule has 19 heavy (non-hydrogen) atoms. The molecule has 0 atom stereocenters. The summed E-state index contributed by atoms with van der Waals surface area (Å²) in [5.41, 5.74) is -0.143. The van der Waals surface area contributed by atoms with Gasteiger partial charge in [-0.2, -0.15) is 0 Å². The molecule has 0 fully saturated rings. The lowest BCUT2D eigenvalue weighted by Gasteiger charge is -2.24. The van der Waals surface area contributed by atoms with Crippen molar-refractivity contribution < 1.29 is 14.8 Å². The summed E-state index contributed by atoms with van der Waals surface area (Å²) in [6.45, 7) is 4.19. The van der Waals surface area contributed by atoms with Crippen molar-refractivity contribution in [3.05, 3.63) is 26.9 Å². The van der Waals surface area contributed by atoms with E-state index in [0.717, 1.165) is 6.20 Å². The molecule has 7 nitrogen and oxygen atoms in total. The maximum absolute atomic E-state index is 10.9. The molecule has 0 radical (unpaired) electrons. The molecular formula is C11H14BrN3O4. The van der Waals surface area contributed by atoms with E-state index in [1.165, 1.54) is 6.07 Å². The zero-order valence-electron chi connectivity index (χ0n) is 10.5. The number of carbonyl (C=O) groups is 1. The number of pyridine rings is 1. The molecule has 0 saturated carbocycles. The van der Waals surface area contributed by atoms with Gasteiger partial charge in [0.25, 0.3) is 5.69 Å². The Bertz CT molecular complexity index is 493. The van der Waals surface area contributed by atoms with Crippen LogP contribution in [0.15, 0.2) is 16.7 Å². The summed E-state index contributed by atoms with van der Waals surface area (Å²) < 4.78 is 0.406. The summed E-state index contributed by atoms with van der Waals surface area (Å²) >= 11 is 3.19. The monoisotopic (exact) mass is 331 g/mol. The molecule has 0 unspecified atom stereocenters. The van der Waals surface area contributed by atoms with Crippen LogP contribution < -0.4 is 4.90 Å². The van der Waals surface area contributed by atoms with Gasteiger partial charge in [0.2, 0.25) is 0 Å². The second kappa shape index (κ2) is 6.46. The van der Waals surface area contributed by atoms with Gasteiger partial charge in [0.15, 0.2) is 0 Å². The minimum absolute atomic E-state index is 0.143. The minimum atomic E-state index is -0.979. The second-order valence-electron chi connectivity index (χ2n) is 4.42. The van der Waals surface area contributed by atoms with Crippen molar-refractivity contribution in [2.24, 2.45) is 5.92 Å². The molecule has 0 spiro atoms. The lowest BCUT2D eigenvalue weighted by Crippen LogP contribution is -2.33. The summed E-state index contributed by atoms with van der Waals surface area (Å²) in [6.07, 6.45) is 1.12. The number of aromatic nitrogens is 1. The first-order chi connectivity index (χ1) is 8.81. The van der Waals surface area contributed by atoms with Crippen LogP contribution in [-0.2, 0) is 4.79 Å². The van der Waals surface area contributed by atoms with Gasteiger partial charge in [0, 0.05) is 12.6 Å². The normalized spacial score (nSPS) is 10.5. The van der Waals surface area contributed by atoms with Crippen LogP contribution in [0.3, 0.4) is 0 Å². The number of rotatable bonds is 6. The lowest BCUT2D eigenvalue weighted by molar-refractivity contribution is -0.385. The SMILES string of the molecule is CC(C)CN(CC(=O)O)c1ncc([N+](=O)[O-])cc1Br. The van der Waals surface area contributed by atoms with Crippen molar-refractivity contribution in [2.45, 2.75) is 13.8 Å². The number of anilines is 1. The van der Waals surface area contributed by atoms with Crippen molar-refractivity contribution in [3.8, 4) is 0 Å². The molecule has 0 bridgehead atoms. The van der Waals surface area contributed by atoms with E-state index in [4.69, 9.17) is 5.11 Å². The standard InChI is InChI=1S/C11H14BrN3O4/c1-7(2)5-14(6-10(16)17)11-9(12)3-8(4-13-11)15(18)19/h3-4,7H,5-6H2,1-2H3,(H,16,17). The van der Waals surface area contributed by atoms with E-state index in [1.54, 1.807) is 4.90 Å². The summed E-state index contributed by atoms with van der Waals surface area (Å²) in [7, 11) is 0. The van der Waals surface area contributed by atoms with Crippen LogP contribution >= 0.6 is 15.9 Å². The van der Waals surface area contributed by atoms with Gasteiger partial charge in [-0.3, -0.25) is 14.9 Å². The fourth-order valence-corrected chi connectivity index (χ4v) is 2.17. The molecule has 0 aliphatic rings. The van der Waals surface area contributed by atoms with E-state index in [9.17, 15) is 14.9 Å². The van der Waals surface area contributed by atoms with Gasteiger partial charge in [-0.15, -0.1) is 0 Å². The number of hydrogen-bond acceptors (Lipinski definition) is 5. The Hall–Kier alpha value is -1.70. The number of halogens is 1. The number of nitro groups is 1. The average Bonchev–Trinajstić information content (AvgIpc) is 2.26. The molecule has 1 heterocycles. The van der Waals surface area contributed by atoms with E-state index in [-0.39, 0.29) is 18.2 Å². The van der Waals surface area contributed by atoms with E-state index < -0.39 is 10.9 Å². The number of nitrogens with zero attached hydrogens (tertiary/aromatic N) is 3. The van der Waals surface area contributed by atoms with E-state index in [2.05, 4.69) is 20.9 Å². The summed E-state index contributed by atoms with van der Waals surface area (Å²) in [4.78, 5) is 26.5. The highest BCUT2D eigenvalue weighted by molar-refractivity contribution is 9.10. The molecule has 0 saturated heterocycles. The highest BCUT2D eigenvalue weighted by atomic mass is 79.9. The van der Waals surface area contributed by atoms with Gasteiger partial charge >= 0.3 is 5.97 Å². The summed E-state index contributed by atoms with van der Waals surface area (Å²) in [5, 5.41) is 19.5. The third-order valence-electron chi connectivity index (χ3n) is 2.23. The van der Waals surface area contributed by atoms with Crippen molar-refractivity contribution in [1.29, 1.82) is 0 Å². The Morgan fingerprint density at radius 3 is 2.68 bits per heavy atom. The number of carboxylic acid groups (broad SMARTS) is 1. The highest BCUT2D eigenvalue weighted by Gasteiger charge is 2.18. The van der Waals surface area contributed by atoms with Crippen LogP contribution in [0.1, 0.15) is 13.8 Å². The lowest BCUT2D eigenvalue weighted by atomic mass is 10.2. The van der Waals surface area contributed by atoms with Gasteiger partial charge in [-0.05, 0) is 21.8 Å². The number of aliphatic carboxylic acids is 1. The second-order valence-corrected chi connectivity index (χ2v) is 5.28. The zero-order chi connectivity index (χ0) is 14.6. The number of hydrogen-bond donors (Lipinski definition) is 1. The fraction of sp³-hybridized carbons (Fsp3) is 0.455. The van der Waals surface area contributed by atoms with Crippen LogP contribution in [0.2, 0.25) is 0 Å². The van der Waals surface area contributed by atoms with Crippen LogP contribution in [0.5, 0.6) is 0 Å². The maximum Gasteiger partial charge on any atom is 0.323 e. The molecule has 0 aliphatic carbocycles. The van der Waals surface area contributed by atoms with Crippen molar-refractivity contribution >= 4 is 33.4 Å². The molecule has 1 aromatic heterocycles. The fourth-order valence-electron chi connectivity index (χ4n) is 1.58. The molecule has 8 heteroatoms. The van der Waals surface area contributed by atoms with Crippen LogP contribution in [0, 0.1) is 16.0 Å². The largest absolute Gasteiger partial charge is 0.480 e. The van der Waals surface area contributed by atoms with Crippen LogP contribution in [-0.4, -0.2) is 34.1 Å². The third kappa shape index (κ3) is 4.47. The third-order valence-corrected chi connectivity index (χ3v) is 2.81. The van der Waals surface area contributed by atoms with Gasteiger partial charge in [-0.1, -0.05) is 13.8 Å². The van der Waals surface area contributed by atoms with E-state index >= 15 is 0 Å². The first kappa shape index (κ1) is 15.4. The predicted octanol–water partition coefficient (Wildman–Crippen LogP) is 2.30. The van der Waals surface area contributed by atoms with Crippen molar-refractivity contribution in [2.75, 3.05) is 18.0 Å². The van der Waals surface area contributed by atoms with Crippen LogP contribution in [0.4, 0.5) is 11.5 Å². The average molecular weight is 332 g/mol. The quantitative estimate of drug-likeness (QED) is 0.634. The van der Waals surface area contributed by atoms with Gasteiger partial charge in [-0.25, -0.2) is 4.98 Å². The Labute approximate surface area is 118 Å². The van der Waals surface area contributed by atoms with Gasteiger partial charge in [0.1, 0.15) is 18.6 Å². The van der Waals surface area contributed by atoms with Gasteiger partial charge in [0.05, 0.1) is 9.40 Å². The first-order valence-electron chi connectivity index (χ1n) is 5.58. The highest BCUT2D eigenvalue weighted by Crippen LogP contribution is 2.27. The van der Waals surface area contributed by atoms with Crippen molar-refractivity contribution in [3.63, 3.8) is 0 Å². The van der Waals surface area contributed by atoms with Gasteiger partial charge < -0.3 is 10.0 Å². The Balaban J connectivity index is 3.07. The summed E-state index contributed by atoms with van der Waals surface area (Å²) in [6, 6.07) is 1.32. The maximum atomic E-state index is 10.9. The summed E-state index contributed by atoms with van der Waals surface area (Å²) in [5.74, 6) is -0.349. The smallest absolute Gasteiger partial charge is 0.323 e. The Morgan fingerprint density at radius 2 is 2.26 bits per heavy atom. The molecule has 0 amide bonds.